The highest BCUT2D eigenvalue weighted by Gasteiger charge is 2.13. The predicted molar refractivity (Wildman–Crippen MR) is 91.2 cm³/mol. The number of hydrogen-bond acceptors (Lipinski definition) is 4. The molecule has 0 spiro atoms. The van der Waals surface area contributed by atoms with Crippen molar-refractivity contribution >= 4 is 34.3 Å². The molecule has 1 aromatic heterocycles. The maximum atomic E-state index is 12.3. The van der Waals surface area contributed by atoms with Gasteiger partial charge in [-0.05, 0) is 32.2 Å². The second-order valence-corrected chi connectivity index (χ2v) is 5.84. The summed E-state index contributed by atoms with van der Waals surface area (Å²) in [5.74, 6) is 0.765. The van der Waals surface area contributed by atoms with Gasteiger partial charge in [-0.1, -0.05) is 18.2 Å². The lowest BCUT2D eigenvalue weighted by atomic mass is 10.1. The van der Waals surface area contributed by atoms with Crippen molar-refractivity contribution in [1.29, 1.82) is 0 Å². The number of nitrogens with zero attached hydrogens (tertiary/aromatic N) is 1. The fourth-order valence-electron chi connectivity index (χ4n) is 2.22. The van der Waals surface area contributed by atoms with Crippen molar-refractivity contribution < 1.29 is 4.79 Å². The third-order valence-corrected chi connectivity index (χ3v) is 3.94. The van der Waals surface area contributed by atoms with Crippen LogP contribution in [0.15, 0.2) is 30.3 Å². The lowest BCUT2D eigenvalue weighted by Gasteiger charge is -2.14. The number of para-hydroxylation sites is 1. The van der Waals surface area contributed by atoms with Crippen molar-refractivity contribution in [3.8, 4) is 0 Å². The van der Waals surface area contributed by atoms with Crippen LogP contribution in [0.4, 0.5) is 5.69 Å². The summed E-state index contributed by atoms with van der Waals surface area (Å²) in [7, 11) is 0. The van der Waals surface area contributed by atoms with Crippen LogP contribution in [-0.2, 0) is 0 Å². The molecule has 0 saturated carbocycles. The van der Waals surface area contributed by atoms with Crippen molar-refractivity contribution in [2.45, 2.75) is 19.9 Å². The molecule has 1 aromatic carbocycles. The van der Waals surface area contributed by atoms with Gasteiger partial charge < -0.3 is 10.6 Å². The quantitative estimate of drug-likeness (QED) is 0.861. The molecule has 21 heavy (non-hydrogen) atoms. The number of hydrogen-bond donors (Lipinski definition) is 2. The Hall–Kier alpha value is -1.75. The number of nitrogens with one attached hydrogen (secondary N) is 2. The minimum atomic E-state index is -0.124. The zero-order chi connectivity index (χ0) is 15.2. The van der Waals surface area contributed by atoms with Gasteiger partial charge in [-0.25, -0.2) is 4.98 Å². The molecule has 1 amide bonds. The monoisotopic (exact) mass is 303 g/mol. The van der Waals surface area contributed by atoms with Gasteiger partial charge in [0.05, 0.1) is 5.52 Å². The van der Waals surface area contributed by atoms with E-state index >= 15 is 0 Å². The number of amides is 1. The van der Waals surface area contributed by atoms with Crippen LogP contribution < -0.4 is 10.6 Å². The largest absolute Gasteiger partial charge is 0.385 e. The van der Waals surface area contributed by atoms with Gasteiger partial charge in [-0.15, -0.1) is 0 Å². The summed E-state index contributed by atoms with van der Waals surface area (Å²) in [6.45, 7) is 4.84. The van der Waals surface area contributed by atoms with Crippen LogP contribution in [0.3, 0.4) is 0 Å². The molecular weight excluding hydrogens is 282 g/mol. The lowest BCUT2D eigenvalue weighted by Crippen LogP contribution is -2.34. The van der Waals surface area contributed by atoms with Gasteiger partial charge in [0.1, 0.15) is 5.69 Å². The Labute approximate surface area is 129 Å². The van der Waals surface area contributed by atoms with E-state index in [-0.39, 0.29) is 11.9 Å². The predicted octanol–water partition coefficient (Wildman–Crippen LogP) is 3.15. The molecule has 2 rings (SSSR count). The molecule has 0 radical (unpaired) electrons. The van der Waals surface area contributed by atoms with E-state index in [4.69, 9.17) is 0 Å². The molecule has 2 N–H and O–H groups in total. The zero-order valence-electron chi connectivity index (χ0n) is 12.6. The Morgan fingerprint density at radius 3 is 2.86 bits per heavy atom. The number of benzene rings is 1. The second-order valence-electron chi connectivity index (χ2n) is 4.93. The summed E-state index contributed by atoms with van der Waals surface area (Å²) in [6.07, 6.45) is 2.03. The molecule has 1 heterocycles. The SMILES string of the molecule is CCNc1cc(C(=O)NC(C)CSC)nc2ccccc12. The number of thioether (sulfide) groups is 1. The first-order valence-electron chi connectivity index (χ1n) is 7.09. The average Bonchev–Trinajstić information content (AvgIpc) is 2.47. The summed E-state index contributed by atoms with van der Waals surface area (Å²) in [4.78, 5) is 16.8. The van der Waals surface area contributed by atoms with E-state index in [1.54, 1.807) is 11.8 Å². The van der Waals surface area contributed by atoms with Crippen molar-refractivity contribution in [2.24, 2.45) is 0 Å². The smallest absolute Gasteiger partial charge is 0.270 e. The summed E-state index contributed by atoms with van der Waals surface area (Å²) in [5.41, 5.74) is 2.24. The first kappa shape index (κ1) is 15.6. The third-order valence-electron chi connectivity index (χ3n) is 3.11. The van der Waals surface area contributed by atoms with Crippen molar-refractivity contribution in [1.82, 2.24) is 10.3 Å². The molecule has 4 nitrogen and oxygen atoms in total. The summed E-state index contributed by atoms with van der Waals surface area (Å²) in [6, 6.07) is 9.81. The van der Waals surface area contributed by atoms with Crippen LogP contribution >= 0.6 is 11.8 Å². The maximum absolute atomic E-state index is 12.3. The highest BCUT2D eigenvalue weighted by atomic mass is 32.2. The number of rotatable bonds is 6. The van der Waals surface area contributed by atoms with Crippen molar-refractivity contribution in [2.75, 3.05) is 23.9 Å². The molecule has 0 aliphatic heterocycles. The molecule has 0 aliphatic rings. The standard InChI is InChI=1S/C16H21N3OS/c1-4-17-14-9-15(16(20)18-11(2)10-21-3)19-13-8-6-5-7-12(13)14/h5-9,11H,4,10H2,1-3H3,(H,17,19)(H,18,20). The van der Waals surface area contributed by atoms with Gasteiger partial charge in [0, 0.05) is 29.4 Å². The first-order chi connectivity index (χ1) is 10.2. The normalized spacial score (nSPS) is 12.1. The van der Waals surface area contributed by atoms with Crippen LogP contribution in [-0.4, -0.2) is 35.5 Å². The highest BCUT2D eigenvalue weighted by Crippen LogP contribution is 2.23. The van der Waals surface area contributed by atoms with Crippen LogP contribution in [0, 0.1) is 0 Å². The van der Waals surface area contributed by atoms with Gasteiger partial charge in [-0.2, -0.15) is 11.8 Å². The van der Waals surface area contributed by atoms with Gasteiger partial charge in [0.2, 0.25) is 0 Å². The van der Waals surface area contributed by atoms with Crippen LogP contribution in [0.1, 0.15) is 24.3 Å². The van der Waals surface area contributed by atoms with E-state index in [0.29, 0.717) is 5.69 Å². The molecule has 0 fully saturated rings. The summed E-state index contributed by atoms with van der Waals surface area (Å²) in [5, 5.41) is 7.32. The molecular formula is C16H21N3OS. The van der Waals surface area contributed by atoms with Crippen LogP contribution in [0.2, 0.25) is 0 Å². The van der Waals surface area contributed by atoms with E-state index in [2.05, 4.69) is 15.6 Å². The van der Waals surface area contributed by atoms with Gasteiger partial charge >= 0.3 is 0 Å². The minimum Gasteiger partial charge on any atom is -0.385 e. The van der Waals surface area contributed by atoms with E-state index in [1.807, 2.05) is 50.4 Å². The third kappa shape index (κ3) is 3.88. The Bertz CT molecular complexity index is 630. The van der Waals surface area contributed by atoms with E-state index in [0.717, 1.165) is 28.9 Å². The summed E-state index contributed by atoms with van der Waals surface area (Å²) < 4.78 is 0. The molecule has 5 heteroatoms. The van der Waals surface area contributed by atoms with Gasteiger partial charge in [0.15, 0.2) is 0 Å². The average molecular weight is 303 g/mol. The zero-order valence-corrected chi connectivity index (χ0v) is 13.5. The Balaban J connectivity index is 2.33. The Morgan fingerprint density at radius 2 is 2.14 bits per heavy atom. The fourth-order valence-corrected chi connectivity index (χ4v) is 2.80. The van der Waals surface area contributed by atoms with Gasteiger partial charge in [-0.3, -0.25) is 4.79 Å². The molecule has 0 aliphatic carbocycles. The molecule has 1 unspecified atom stereocenters. The molecule has 0 saturated heterocycles. The van der Waals surface area contributed by atoms with E-state index in [9.17, 15) is 4.79 Å². The highest BCUT2D eigenvalue weighted by molar-refractivity contribution is 7.98. The summed E-state index contributed by atoms with van der Waals surface area (Å²) >= 11 is 1.71. The minimum absolute atomic E-state index is 0.124. The fraction of sp³-hybridized carbons (Fsp3) is 0.375. The number of aromatic nitrogens is 1. The van der Waals surface area contributed by atoms with E-state index in [1.165, 1.54) is 0 Å². The Kier molecular flexibility index (Phi) is 5.44. The van der Waals surface area contributed by atoms with Gasteiger partial charge in [0.25, 0.3) is 5.91 Å². The molecule has 0 bridgehead atoms. The number of anilines is 1. The molecule has 2 aromatic rings. The van der Waals surface area contributed by atoms with Crippen molar-refractivity contribution in [3.63, 3.8) is 0 Å². The number of carbonyl (C=O) groups is 1. The number of pyridine rings is 1. The van der Waals surface area contributed by atoms with Crippen LogP contribution in [0.5, 0.6) is 0 Å². The van der Waals surface area contributed by atoms with Crippen molar-refractivity contribution in [3.05, 3.63) is 36.0 Å². The van der Waals surface area contributed by atoms with E-state index < -0.39 is 0 Å². The molecule has 112 valence electrons. The number of fused-ring (bicyclic) bond motifs is 1. The maximum Gasteiger partial charge on any atom is 0.270 e. The second kappa shape index (κ2) is 7.31. The Morgan fingerprint density at radius 1 is 1.38 bits per heavy atom. The first-order valence-corrected chi connectivity index (χ1v) is 8.48. The lowest BCUT2D eigenvalue weighted by molar-refractivity contribution is 0.0939. The molecule has 1 atom stereocenters. The van der Waals surface area contributed by atoms with Crippen LogP contribution in [0.25, 0.3) is 10.9 Å². The topological polar surface area (TPSA) is 54.0 Å². The number of carbonyl (C=O) groups excluding carboxylic acids is 1.